The Morgan fingerprint density at radius 1 is 1.00 bits per heavy atom. The summed E-state index contributed by atoms with van der Waals surface area (Å²) >= 11 is 0. The monoisotopic (exact) mass is 421 g/mol. The first kappa shape index (κ1) is 21.8. The first-order chi connectivity index (χ1) is 13.8. The van der Waals surface area contributed by atoms with Crippen molar-refractivity contribution in [3.63, 3.8) is 0 Å². The van der Waals surface area contributed by atoms with Crippen LogP contribution in [0.5, 0.6) is 0 Å². The van der Waals surface area contributed by atoms with E-state index in [0.29, 0.717) is 31.5 Å². The average Bonchev–Trinajstić information content (AvgIpc) is 2.78. The molecule has 8 heteroatoms. The molecule has 1 saturated heterocycles. The topological polar surface area (TPSA) is 86.8 Å². The van der Waals surface area contributed by atoms with Crippen LogP contribution >= 0.6 is 0 Å². The molecule has 0 radical (unpaired) electrons. The third-order valence-electron chi connectivity index (χ3n) is 6.27. The van der Waals surface area contributed by atoms with Crippen LogP contribution in [0.2, 0.25) is 0 Å². The summed E-state index contributed by atoms with van der Waals surface area (Å²) in [6, 6.07) is 6.29. The summed E-state index contributed by atoms with van der Waals surface area (Å²) in [5.74, 6) is -0.148. The SMILES string of the molecule is CNC(=O)C1CCN(C(=O)c2ccc(S(=O)(=O)N(C)C3CCCCC3)cc2)CC1. The van der Waals surface area contributed by atoms with Gasteiger partial charge in [-0.2, -0.15) is 4.31 Å². The molecule has 1 saturated carbocycles. The first-order valence-corrected chi connectivity index (χ1v) is 11.9. The molecule has 0 bridgehead atoms. The highest BCUT2D eigenvalue weighted by molar-refractivity contribution is 7.89. The Hall–Kier alpha value is -1.93. The molecule has 1 N–H and O–H groups in total. The molecule has 0 spiro atoms. The molecule has 1 heterocycles. The Labute approximate surface area is 173 Å². The lowest BCUT2D eigenvalue weighted by Gasteiger charge is -2.31. The molecular formula is C21H31N3O4S. The maximum atomic E-state index is 12.9. The number of carbonyl (C=O) groups is 2. The van der Waals surface area contributed by atoms with Gasteiger partial charge in [-0.1, -0.05) is 19.3 Å². The summed E-state index contributed by atoms with van der Waals surface area (Å²) < 4.78 is 27.4. The van der Waals surface area contributed by atoms with Crippen LogP contribution in [0.25, 0.3) is 0 Å². The van der Waals surface area contributed by atoms with E-state index in [1.165, 1.54) is 22.9 Å². The van der Waals surface area contributed by atoms with Crippen molar-refractivity contribution in [3.05, 3.63) is 29.8 Å². The summed E-state index contributed by atoms with van der Waals surface area (Å²) in [6.07, 6.45) is 6.38. The number of benzene rings is 1. The lowest BCUT2D eigenvalue weighted by molar-refractivity contribution is -0.125. The van der Waals surface area contributed by atoms with Crippen molar-refractivity contribution in [2.75, 3.05) is 27.2 Å². The van der Waals surface area contributed by atoms with Crippen molar-refractivity contribution in [2.45, 2.75) is 55.9 Å². The van der Waals surface area contributed by atoms with E-state index in [2.05, 4.69) is 5.32 Å². The van der Waals surface area contributed by atoms with E-state index >= 15 is 0 Å². The summed E-state index contributed by atoms with van der Waals surface area (Å²) in [5.41, 5.74) is 0.475. The second-order valence-corrected chi connectivity index (χ2v) is 10.0. The van der Waals surface area contributed by atoms with Crippen molar-refractivity contribution in [1.29, 1.82) is 0 Å². The predicted octanol–water partition coefficient (Wildman–Crippen LogP) is 2.24. The molecule has 1 aromatic carbocycles. The van der Waals surface area contributed by atoms with Gasteiger partial charge in [-0.05, 0) is 49.9 Å². The molecule has 7 nitrogen and oxygen atoms in total. The van der Waals surface area contributed by atoms with Gasteiger partial charge in [0.2, 0.25) is 15.9 Å². The number of hydrogen-bond donors (Lipinski definition) is 1. The fourth-order valence-corrected chi connectivity index (χ4v) is 5.72. The third kappa shape index (κ3) is 4.80. The van der Waals surface area contributed by atoms with Crippen molar-refractivity contribution >= 4 is 21.8 Å². The fraction of sp³-hybridized carbons (Fsp3) is 0.619. The molecule has 0 unspecified atom stereocenters. The lowest BCUT2D eigenvalue weighted by atomic mass is 9.95. The van der Waals surface area contributed by atoms with Crippen LogP contribution in [0.3, 0.4) is 0 Å². The second kappa shape index (κ2) is 9.26. The number of sulfonamides is 1. The highest BCUT2D eigenvalue weighted by Crippen LogP contribution is 2.27. The number of amides is 2. The third-order valence-corrected chi connectivity index (χ3v) is 8.19. The van der Waals surface area contributed by atoms with E-state index < -0.39 is 10.0 Å². The predicted molar refractivity (Wildman–Crippen MR) is 111 cm³/mol. The molecule has 1 aliphatic heterocycles. The molecule has 2 aliphatic rings. The normalized spacial score (nSPS) is 19.3. The molecular weight excluding hydrogens is 390 g/mol. The van der Waals surface area contributed by atoms with Crippen LogP contribution in [0.15, 0.2) is 29.2 Å². The Kier molecular flexibility index (Phi) is 6.95. The van der Waals surface area contributed by atoms with Crippen LogP contribution in [-0.2, 0) is 14.8 Å². The standard InChI is InChI=1S/C21H31N3O4S/c1-22-20(25)16-12-14-24(15-13-16)21(26)17-8-10-19(11-9-17)29(27,28)23(2)18-6-4-3-5-7-18/h8-11,16,18H,3-7,12-15H2,1-2H3,(H,22,25). The van der Waals surface area contributed by atoms with E-state index in [1.807, 2.05) is 0 Å². The number of piperidine rings is 1. The number of rotatable bonds is 5. The van der Waals surface area contributed by atoms with Gasteiger partial charge in [-0.3, -0.25) is 9.59 Å². The number of carbonyl (C=O) groups excluding carboxylic acids is 2. The summed E-state index contributed by atoms with van der Waals surface area (Å²) in [4.78, 5) is 26.4. The summed E-state index contributed by atoms with van der Waals surface area (Å²) in [5, 5.41) is 2.66. The van der Waals surface area contributed by atoms with Gasteiger partial charge < -0.3 is 10.2 Å². The molecule has 0 atom stereocenters. The van der Waals surface area contributed by atoms with E-state index in [-0.39, 0.29) is 28.7 Å². The van der Waals surface area contributed by atoms with Crippen LogP contribution in [0.4, 0.5) is 0 Å². The number of hydrogen-bond acceptors (Lipinski definition) is 4. The second-order valence-electron chi connectivity index (χ2n) is 8.02. The highest BCUT2D eigenvalue weighted by atomic mass is 32.2. The van der Waals surface area contributed by atoms with Crippen molar-refractivity contribution in [1.82, 2.24) is 14.5 Å². The minimum atomic E-state index is -3.56. The molecule has 3 rings (SSSR count). The van der Waals surface area contributed by atoms with E-state index in [1.54, 1.807) is 31.1 Å². The zero-order valence-corrected chi connectivity index (χ0v) is 18.1. The van der Waals surface area contributed by atoms with Crippen LogP contribution < -0.4 is 5.32 Å². The number of likely N-dealkylation sites (tertiary alicyclic amines) is 1. The van der Waals surface area contributed by atoms with E-state index in [9.17, 15) is 18.0 Å². The largest absolute Gasteiger partial charge is 0.359 e. The highest BCUT2D eigenvalue weighted by Gasteiger charge is 2.30. The lowest BCUT2D eigenvalue weighted by Crippen LogP contribution is -2.42. The van der Waals surface area contributed by atoms with Gasteiger partial charge in [0.25, 0.3) is 5.91 Å². The minimum Gasteiger partial charge on any atom is -0.359 e. The quantitative estimate of drug-likeness (QED) is 0.790. The Bertz CT molecular complexity index is 824. The van der Waals surface area contributed by atoms with Gasteiger partial charge in [0, 0.05) is 44.7 Å². The Balaban J connectivity index is 1.65. The Morgan fingerprint density at radius 3 is 2.14 bits per heavy atom. The minimum absolute atomic E-state index is 0.0220. The van der Waals surface area contributed by atoms with Gasteiger partial charge in [0.15, 0.2) is 0 Å². The van der Waals surface area contributed by atoms with Crippen molar-refractivity contribution in [2.24, 2.45) is 5.92 Å². The number of nitrogens with one attached hydrogen (secondary N) is 1. The molecule has 1 aliphatic carbocycles. The molecule has 160 valence electrons. The maximum absolute atomic E-state index is 12.9. The fourth-order valence-electron chi connectivity index (χ4n) is 4.31. The average molecular weight is 422 g/mol. The maximum Gasteiger partial charge on any atom is 0.253 e. The van der Waals surface area contributed by atoms with Crippen molar-refractivity contribution < 1.29 is 18.0 Å². The van der Waals surface area contributed by atoms with Crippen LogP contribution in [-0.4, -0.2) is 62.7 Å². The van der Waals surface area contributed by atoms with Gasteiger partial charge >= 0.3 is 0 Å². The van der Waals surface area contributed by atoms with E-state index in [4.69, 9.17) is 0 Å². The van der Waals surface area contributed by atoms with Crippen LogP contribution in [0.1, 0.15) is 55.3 Å². The van der Waals surface area contributed by atoms with Gasteiger partial charge in [0.05, 0.1) is 4.90 Å². The van der Waals surface area contributed by atoms with Gasteiger partial charge in [-0.25, -0.2) is 8.42 Å². The molecule has 29 heavy (non-hydrogen) atoms. The zero-order chi connectivity index (χ0) is 21.0. The molecule has 2 fully saturated rings. The van der Waals surface area contributed by atoms with Crippen LogP contribution in [0, 0.1) is 5.92 Å². The zero-order valence-electron chi connectivity index (χ0n) is 17.3. The van der Waals surface area contributed by atoms with Gasteiger partial charge in [0.1, 0.15) is 0 Å². The van der Waals surface area contributed by atoms with Crippen molar-refractivity contribution in [3.8, 4) is 0 Å². The smallest absolute Gasteiger partial charge is 0.253 e. The molecule has 2 amide bonds. The number of nitrogens with zero attached hydrogens (tertiary/aromatic N) is 2. The van der Waals surface area contributed by atoms with E-state index in [0.717, 1.165) is 25.7 Å². The Morgan fingerprint density at radius 2 is 1.59 bits per heavy atom. The van der Waals surface area contributed by atoms with Gasteiger partial charge in [-0.15, -0.1) is 0 Å². The summed E-state index contributed by atoms with van der Waals surface area (Å²) in [7, 11) is -0.282. The molecule has 1 aromatic rings. The summed E-state index contributed by atoms with van der Waals surface area (Å²) in [6.45, 7) is 1.06. The molecule has 0 aromatic heterocycles. The first-order valence-electron chi connectivity index (χ1n) is 10.4.